The van der Waals surface area contributed by atoms with Crippen LogP contribution in [0.25, 0.3) is 11.4 Å². The molecule has 0 spiro atoms. The number of nitrogens with zero attached hydrogens (tertiary/aromatic N) is 4. The summed E-state index contributed by atoms with van der Waals surface area (Å²) >= 11 is 1.30. The van der Waals surface area contributed by atoms with E-state index < -0.39 is 0 Å². The topological polar surface area (TPSA) is 106 Å². The second-order valence-electron chi connectivity index (χ2n) is 6.43. The number of methoxy groups -OCH3 is 2. The first kappa shape index (κ1) is 20.7. The van der Waals surface area contributed by atoms with Crippen LogP contribution in [0, 0.1) is 6.92 Å². The summed E-state index contributed by atoms with van der Waals surface area (Å²) in [4.78, 5) is 4.42. The highest BCUT2D eigenvalue weighted by molar-refractivity contribution is 7.98. The van der Waals surface area contributed by atoms with Crippen molar-refractivity contribution >= 4 is 11.8 Å². The minimum absolute atomic E-state index is 0.193. The Morgan fingerprint density at radius 2 is 1.74 bits per heavy atom. The second-order valence-corrected chi connectivity index (χ2v) is 7.36. The lowest BCUT2D eigenvalue weighted by atomic mass is 10.2. The molecule has 0 aliphatic carbocycles. The maximum Gasteiger partial charge on any atom is 0.277 e. The van der Waals surface area contributed by atoms with Gasteiger partial charge in [0, 0.05) is 6.07 Å². The fraction of sp³-hybridized carbons (Fsp3) is 0.238. The molecule has 0 aliphatic rings. The Hall–Kier alpha value is -3.53. The number of hydrogen-bond donors (Lipinski definition) is 0. The van der Waals surface area contributed by atoms with Crippen molar-refractivity contribution < 1.29 is 23.2 Å². The highest BCUT2D eigenvalue weighted by Crippen LogP contribution is 2.32. The van der Waals surface area contributed by atoms with Crippen molar-refractivity contribution in [1.29, 1.82) is 0 Å². The molecule has 0 aliphatic heterocycles. The summed E-state index contributed by atoms with van der Waals surface area (Å²) in [6.45, 7) is 2.21. The van der Waals surface area contributed by atoms with E-state index in [4.69, 9.17) is 23.2 Å². The molecule has 0 amide bonds. The summed E-state index contributed by atoms with van der Waals surface area (Å²) in [5.41, 5.74) is 1.87. The fourth-order valence-corrected chi connectivity index (χ4v) is 3.28. The average Bonchev–Trinajstić information content (AvgIpc) is 3.46. The van der Waals surface area contributed by atoms with Crippen molar-refractivity contribution in [3.05, 3.63) is 59.8 Å². The Labute approximate surface area is 182 Å². The first-order chi connectivity index (χ1) is 15.1. The molecule has 0 unspecified atom stereocenters. The van der Waals surface area contributed by atoms with E-state index in [-0.39, 0.29) is 6.61 Å². The summed E-state index contributed by atoms with van der Waals surface area (Å²) in [5.74, 6) is 3.63. The van der Waals surface area contributed by atoms with Crippen LogP contribution in [0.1, 0.15) is 17.3 Å². The summed E-state index contributed by atoms with van der Waals surface area (Å²) in [6.07, 6.45) is 0. The first-order valence-electron chi connectivity index (χ1n) is 9.34. The normalized spacial score (nSPS) is 10.8. The predicted octanol–water partition coefficient (Wildman–Crippen LogP) is 4.32. The Balaban J connectivity index is 1.34. The third kappa shape index (κ3) is 5.15. The zero-order valence-corrected chi connectivity index (χ0v) is 18.0. The summed E-state index contributed by atoms with van der Waals surface area (Å²) in [7, 11) is 3.17. The number of hydrogen-bond acceptors (Lipinski definition) is 10. The van der Waals surface area contributed by atoms with Gasteiger partial charge in [0.1, 0.15) is 17.2 Å². The zero-order chi connectivity index (χ0) is 21.6. The number of rotatable bonds is 9. The van der Waals surface area contributed by atoms with Crippen molar-refractivity contribution in [3.8, 4) is 28.6 Å². The van der Waals surface area contributed by atoms with Crippen molar-refractivity contribution in [1.82, 2.24) is 20.3 Å². The van der Waals surface area contributed by atoms with Gasteiger partial charge in [0.05, 0.1) is 25.5 Å². The third-order valence-corrected chi connectivity index (χ3v) is 5.07. The van der Waals surface area contributed by atoms with Gasteiger partial charge in [0.15, 0.2) is 6.61 Å². The Kier molecular flexibility index (Phi) is 6.37. The average molecular weight is 440 g/mol. The minimum atomic E-state index is 0.193. The van der Waals surface area contributed by atoms with Crippen LogP contribution in [0.5, 0.6) is 17.2 Å². The minimum Gasteiger partial charge on any atom is -0.497 e. The fourth-order valence-electron chi connectivity index (χ4n) is 2.66. The van der Waals surface area contributed by atoms with Crippen LogP contribution >= 0.6 is 11.8 Å². The van der Waals surface area contributed by atoms with Crippen LogP contribution in [0.15, 0.2) is 56.6 Å². The van der Waals surface area contributed by atoms with E-state index in [0.717, 1.165) is 5.75 Å². The molecule has 4 aromatic rings. The van der Waals surface area contributed by atoms with Crippen molar-refractivity contribution in [2.24, 2.45) is 0 Å². The van der Waals surface area contributed by atoms with Crippen LogP contribution in [0.4, 0.5) is 0 Å². The summed E-state index contributed by atoms with van der Waals surface area (Å²) < 4.78 is 27.2. The first-order valence-corrected chi connectivity index (χ1v) is 10.3. The van der Waals surface area contributed by atoms with E-state index in [0.29, 0.717) is 45.6 Å². The standard InChI is InChI=1S/C21H20N4O5S/c1-13-4-6-14(7-5-13)28-11-18-23-24-21(29-18)31-12-19-22-20(25-30-19)16-9-8-15(26-2)10-17(16)27-3/h4-10H,11-12H2,1-3H3. The van der Waals surface area contributed by atoms with E-state index >= 15 is 0 Å². The van der Waals surface area contributed by atoms with Gasteiger partial charge in [0.25, 0.3) is 11.1 Å². The molecule has 0 radical (unpaired) electrons. The number of aromatic nitrogens is 4. The van der Waals surface area contributed by atoms with Gasteiger partial charge in [-0.05, 0) is 31.2 Å². The molecule has 0 saturated carbocycles. The molecule has 2 aromatic carbocycles. The van der Waals surface area contributed by atoms with Gasteiger partial charge in [-0.25, -0.2) is 0 Å². The van der Waals surface area contributed by atoms with E-state index in [1.807, 2.05) is 37.3 Å². The number of ether oxygens (including phenoxy) is 3. The lowest BCUT2D eigenvalue weighted by molar-refractivity contribution is 0.252. The molecule has 4 rings (SSSR count). The smallest absolute Gasteiger partial charge is 0.277 e. The molecule has 0 fully saturated rings. The van der Waals surface area contributed by atoms with E-state index in [2.05, 4.69) is 20.3 Å². The third-order valence-electron chi connectivity index (χ3n) is 4.27. The molecule has 160 valence electrons. The predicted molar refractivity (Wildman–Crippen MR) is 112 cm³/mol. The quantitative estimate of drug-likeness (QED) is 0.349. The van der Waals surface area contributed by atoms with Crippen molar-refractivity contribution in [3.63, 3.8) is 0 Å². The maximum atomic E-state index is 5.65. The molecule has 10 heteroatoms. The summed E-state index contributed by atoms with van der Waals surface area (Å²) in [5, 5.41) is 12.4. The molecule has 0 bridgehead atoms. The zero-order valence-electron chi connectivity index (χ0n) is 17.2. The molecular formula is C21H20N4O5S. The lowest BCUT2D eigenvalue weighted by Gasteiger charge is -2.07. The molecule has 31 heavy (non-hydrogen) atoms. The highest BCUT2D eigenvalue weighted by atomic mass is 32.2. The van der Waals surface area contributed by atoms with Gasteiger partial charge in [0.2, 0.25) is 11.7 Å². The Bertz CT molecular complexity index is 1140. The van der Waals surface area contributed by atoms with Gasteiger partial charge in [-0.3, -0.25) is 0 Å². The van der Waals surface area contributed by atoms with Crippen LogP contribution in [0.3, 0.4) is 0 Å². The molecule has 0 saturated heterocycles. The SMILES string of the molecule is COc1ccc(-c2noc(CSc3nnc(COc4ccc(C)cc4)o3)n2)c(OC)c1. The van der Waals surface area contributed by atoms with Crippen molar-refractivity contribution in [2.75, 3.05) is 14.2 Å². The Morgan fingerprint density at radius 1 is 0.935 bits per heavy atom. The number of aryl methyl sites for hydroxylation is 1. The number of thioether (sulfide) groups is 1. The van der Waals surface area contributed by atoms with Gasteiger partial charge < -0.3 is 23.2 Å². The molecule has 2 heterocycles. The van der Waals surface area contributed by atoms with Gasteiger partial charge in [-0.2, -0.15) is 4.98 Å². The Morgan fingerprint density at radius 3 is 2.52 bits per heavy atom. The molecular weight excluding hydrogens is 420 g/mol. The van der Waals surface area contributed by atoms with Crippen molar-refractivity contribution in [2.45, 2.75) is 24.5 Å². The highest BCUT2D eigenvalue weighted by Gasteiger charge is 2.16. The molecule has 0 N–H and O–H groups in total. The van der Waals surface area contributed by atoms with Gasteiger partial charge >= 0.3 is 0 Å². The van der Waals surface area contributed by atoms with E-state index in [1.54, 1.807) is 26.4 Å². The molecule has 0 atom stereocenters. The van der Waals surface area contributed by atoms with Gasteiger partial charge in [-0.1, -0.05) is 34.6 Å². The van der Waals surface area contributed by atoms with Gasteiger partial charge in [-0.15, -0.1) is 10.2 Å². The van der Waals surface area contributed by atoms with Crippen LogP contribution in [-0.2, 0) is 12.4 Å². The van der Waals surface area contributed by atoms with E-state index in [1.165, 1.54) is 17.3 Å². The monoisotopic (exact) mass is 440 g/mol. The second kappa shape index (κ2) is 9.52. The molecule has 2 aromatic heterocycles. The lowest BCUT2D eigenvalue weighted by Crippen LogP contribution is -1.95. The maximum absolute atomic E-state index is 5.65. The largest absolute Gasteiger partial charge is 0.497 e. The summed E-state index contributed by atoms with van der Waals surface area (Å²) in [6, 6.07) is 13.1. The van der Waals surface area contributed by atoms with Crippen LogP contribution in [0.2, 0.25) is 0 Å². The van der Waals surface area contributed by atoms with Crippen LogP contribution in [-0.4, -0.2) is 34.6 Å². The molecule has 9 nitrogen and oxygen atoms in total. The van der Waals surface area contributed by atoms with Crippen LogP contribution < -0.4 is 14.2 Å². The number of benzene rings is 2. The van der Waals surface area contributed by atoms with E-state index in [9.17, 15) is 0 Å².